The van der Waals surface area contributed by atoms with Gasteiger partial charge < -0.3 is 9.84 Å². The maximum Gasteiger partial charge on any atom is 0.141 e. The van der Waals surface area contributed by atoms with Crippen molar-refractivity contribution in [2.75, 3.05) is 26.8 Å². The predicted octanol–water partition coefficient (Wildman–Crippen LogP) is 0.514. The van der Waals surface area contributed by atoms with Gasteiger partial charge in [-0.25, -0.2) is 0 Å². The number of aliphatic hydroxyl groups is 1. The lowest BCUT2D eigenvalue weighted by molar-refractivity contribution is 0.0474. The molecule has 0 aliphatic carbocycles. The minimum Gasteiger partial charge on any atom is -0.495 e. The Kier molecular flexibility index (Phi) is 3.18. The van der Waals surface area contributed by atoms with E-state index in [0.717, 1.165) is 30.9 Å². The highest BCUT2D eigenvalue weighted by atomic mass is 16.5. The van der Waals surface area contributed by atoms with E-state index in [4.69, 9.17) is 9.84 Å². The molecule has 1 aromatic rings. The van der Waals surface area contributed by atoms with Gasteiger partial charge in [-0.05, 0) is 6.07 Å². The van der Waals surface area contributed by atoms with Crippen molar-refractivity contribution in [2.45, 2.75) is 6.54 Å². The number of methoxy groups -OCH3 is 1. The highest BCUT2D eigenvalue weighted by Gasteiger charge is 2.26. The minimum atomic E-state index is 0.296. The number of aliphatic hydroxyl groups excluding tert-OH is 1. The Balaban J connectivity index is 1.94. The molecule has 2 heterocycles. The molecule has 0 unspecified atom stereocenters. The van der Waals surface area contributed by atoms with Gasteiger partial charge in [0, 0.05) is 43.9 Å². The first-order valence-electron chi connectivity index (χ1n) is 5.13. The molecule has 0 aromatic carbocycles. The molecule has 0 radical (unpaired) electrons. The molecule has 82 valence electrons. The van der Waals surface area contributed by atoms with Crippen LogP contribution < -0.4 is 4.74 Å². The van der Waals surface area contributed by atoms with Gasteiger partial charge in [-0.2, -0.15) is 0 Å². The second-order valence-electron chi connectivity index (χ2n) is 3.93. The number of nitrogens with zero attached hydrogens (tertiary/aromatic N) is 2. The molecular weight excluding hydrogens is 192 g/mol. The molecule has 4 nitrogen and oxygen atoms in total. The van der Waals surface area contributed by atoms with Crippen LogP contribution in [0.4, 0.5) is 0 Å². The predicted molar refractivity (Wildman–Crippen MR) is 56.6 cm³/mol. The van der Waals surface area contributed by atoms with Gasteiger partial charge in [-0.15, -0.1) is 0 Å². The maximum absolute atomic E-state index is 8.91. The summed E-state index contributed by atoms with van der Waals surface area (Å²) in [5, 5.41) is 8.91. The lowest BCUT2D eigenvalue weighted by Crippen LogP contribution is -2.47. The molecule has 2 rings (SSSR count). The molecule has 4 heteroatoms. The van der Waals surface area contributed by atoms with E-state index in [1.54, 1.807) is 19.5 Å². The van der Waals surface area contributed by atoms with Crippen LogP contribution in [0.1, 0.15) is 5.56 Å². The molecular formula is C11H16N2O2. The summed E-state index contributed by atoms with van der Waals surface area (Å²) < 4.78 is 5.23. The van der Waals surface area contributed by atoms with Crippen LogP contribution >= 0.6 is 0 Å². The molecule has 1 N–H and O–H groups in total. The van der Waals surface area contributed by atoms with Crippen molar-refractivity contribution in [3.05, 3.63) is 24.0 Å². The lowest BCUT2D eigenvalue weighted by atomic mass is 10.0. The van der Waals surface area contributed by atoms with Gasteiger partial charge in [0.1, 0.15) is 5.75 Å². The summed E-state index contributed by atoms with van der Waals surface area (Å²) >= 11 is 0. The number of hydrogen-bond donors (Lipinski definition) is 1. The Morgan fingerprint density at radius 2 is 2.40 bits per heavy atom. The van der Waals surface area contributed by atoms with Crippen molar-refractivity contribution in [1.29, 1.82) is 0 Å². The fourth-order valence-electron chi connectivity index (χ4n) is 1.89. The zero-order valence-corrected chi connectivity index (χ0v) is 8.89. The first-order chi connectivity index (χ1) is 7.33. The molecule has 1 fully saturated rings. The quantitative estimate of drug-likeness (QED) is 0.783. The summed E-state index contributed by atoms with van der Waals surface area (Å²) in [5.74, 6) is 1.29. The van der Waals surface area contributed by atoms with Gasteiger partial charge in [-0.3, -0.25) is 9.88 Å². The molecule has 0 atom stereocenters. The standard InChI is InChI=1S/C11H16N2O2/c1-15-11-4-12-3-2-10(11)7-13-5-9(6-13)8-14/h2-4,9,14H,5-8H2,1H3. The first kappa shape index (κ1) is 10.4. The zero-order valence-electron chi connectivity index (χ0n) is 8.89. The fraction of sp³-hybridized carbons (Fsp3) is 0.545. The molecule has 1 saturated heterocycles. The van der Waals surface area contributed by atoms with E-state index in [1.807, 2.05) is 6.07 Å². The zero-order chi connectivity index (χ0) is 10.7. The number of pyridine rings is 1. The van der Waals surface area contributed by atoms with Gasteiger partial charge in [-0.1, -0.05) is 0 Å². The third-order valence-corrected chi connectivity index (χ3v) is 2.77. The molecule has 1 aromatic heterocycles. The maximum atomic E-state index is 8.91. The van der Waals surface area contributed by atoms with Crippen LogP contribution in [0.15, 0.2) is 18.5 Å². The molecule has 0 amide bonds. The summed E-state index contributed by atoms with van der Waals surface area (Å²) in [4.78, 5) is 6.31. The number of likely N-dealkylation sites (tertiary alicyclic amines) is 1. The number of aromatic nitrogens is 1. The molecule has 1 aliphatic heterocycles. The van der Waals surface area contributed by atoms with Crippen molar-refractivity contribution >= 4 is 0 Å². The summed E-state index contributed by atoms with van der Waals surface area (Å²) in [6, 6.07) is 1.98. The third kappa shape index (κ3) is 2.27. The van der Waals surface area contributed by atoms with E-state index in [-0.39, 0.29) is 0 Å². The number of ether oxygens (including phenoxy) is 1. The van der Waals surface area contributed by atoms with Crippen LogP contribution in [0.25, 0.3) is 0 Å². The Bertz CT molecular complexity index is 324. The smallest absolute Gasteiger partial charge is 0.141 e. The lowest BCUT2D eigenvalue weighted by Gasteiger charge is -2.38. The first-order valence-corrected chi connectivity index (χ1v) is 5.13. The van der Waals surface area contributed by atoms with Gasteiger partial charge in [0.25, 0.3) is 0 Å². The van der Waals surface area contributed by atoms with Crippen LogP contribution in [0, 0.1) is 5.92 Å². The number of hydrogen-bond acceptors (Lipinski definition) is 4. The second kappa shape index (κ2) is 4.59. The molecule has 0 bridgehead atoms. The Hall–Kier alpha value is -1.13. The van der Waals surface area contributed by atoms with E-state index in [1.165, 1.54) is 0 Å². The van der Waals surface area contributed by atoms with Gasteiger partial charge >= 0.3 is 0 Å². The summed E-state index contributed by atoms with van der Waals surface area (Å²) in [5.41, 5.74) is 1.16. The van der Waals surface area contributed by atoms with Crippen molar-refractivity contribution in [3.63, 3.8) is 0 Å². The molecule has 15 heavy (non-hydrogen) atoms. The van der Waals surface area contributed by atoms with Crippen LogP contribution in [0.3, 0.4) is 0 Å². The second-order valence-corrected chi connectivity index (χ2v) is 3.93. The molecule has 0 saturated carbocycles. The fourth-order valence-corrected chi connectivity index (χ4v) is 1.89. The Morgan fingerprint density at radius 1 is 1.60 bits per heavy atom. The molecule has 1 aliphatic rings. The van der Waals surface area contributed by atoms with E-state index in [0.29, 0.717) is 12.5 Å². The average Bonchev–Trinajstić information content (AvgIpc) is 2.23. The molecule has 0 spiro atoms. The average molecular weight is 208 g/mol. The van der Waals surface area contributed by atoms with E-state index >= 15 is 0 Å². The Labute approximate surface area is 89.5 Å². The van der Waals surface area contributed by atoms with E-state index < -0.39 is 0 Å². The Morgan fingerprint density at radius 3 is 3.07 bits per heavy atom. The van der Waals surface area contributed by atoms with Crippen LogP contribution in [0.5, 0.6) is 5.75 Å². The third-order valence-electron chi connectivity index (χ3n) is 2.77. The van der Waals surface area contributed by atoms with E-state index in [2.05, 4.69) is 9.88 Å². The van der Waals surface area contributed by atoms with Gasteiger partial charge in [0.05, 0.1) is 13.3 Å². The normalized spacial score (nSPS) is 17.5. The monoisotopic (exact) mass is 208 g/mol. The summed E-state index contributed by atoms with van der Waals surface area (Å²) in [7, 11) is 1.66. The van der Waals surface area contributed by atoms with Crippen LogP contribution in [-0.4, -0.2) is 41.8 Å². The summed E-state index contributed by atoms with van der Waals surface area (Å²) in [6.45, 7) is 3.12. The van der Waals surface area contributed by atoms with Crippen molar-refractivity contribution in [2.24, 2.45) is 5.92 Å². The van der Waals surface area contributed by atoms with Crippen molar-refractivity contribution < 1.29 is 9.84 Å². The van der Waals surface area contributed by atoms with Crippen LogP contribution in [0.2, 0.25) is 0 Å². The van der Waals surface area contributed by atoms with Crippen molar-refractivity contribution in [3.8, 4) is 5.75 Å². The van der Waals surface area contributed by atoms with Gasteiger partial charge in [0.2, 0.25) is 0 Å². The highest BCUT2D eigenvalue weighted by molar-refractivity contribution is 5.29. The largest absolute Gasteiger partial charge is 0.495 e. The SMILES string of the molecule is COc1cnccc1CN1CC(CO)C1. The summed E-state index contributed by atoms with van der Waals surface area (Å²) in [6.07, 6.45) is 3.51. The van der Waals surface area contributed by atoms with Crippen molar-refractivity contribution in [1.82, 2.24) is 9.88 Å². The van der Waals surface area contributed by atoms with Crippen LogP contribution in [-0.2, 0) is 6.54 Å². The van der Waals surface area contributed by atoms with Gasteiger partial charge in [0.15, 0.2) is 0 Å². The number of rotatable bonds is 4. The minimum absolute atomic E-state index is 0.296. The van der Waals surface area contributed by atoms with E-state index in [9.17, 15) is 0 Å². The highest BCUT2D eigenvalue weighted by Crippen LogP contribution is 2.22. The topological polar surface area (TPSA) is 45.6 Å².